The standard InChI is InChI=1S/C18H18N4O3S/c23-17-10-15(19-16(20-17)9-13-4-2-8-26-13)12-3-1-6-22(11-12)18(24)14-5-7-25-21-14/h2,4-5,7-8,10,12H,1,3,6,9,11H2,(H,19,20,23)/t12-/m0/s1. The zero-order valence-corrected chi connectivity index (χ0v) is 14.9. The molecule has 1 atom stereocenters. The maximum atomic E-state index is 12.5. The first-order valence-electron chi connectivity index (χ1n) is 8.51. The first kappa shape index (κ1) is 16.7. The fourth-order valence-electron chi connectivity index (χ4n) is 3.29. The molecule has 0 radical (unpaired) electrons. The van der Waals surface area contributed by atoms with Crippen LogP contribution in [-0.2, 0) is 6.42 Å². The Bertz CT molecular complexity index is 934. The molecule has 134 valence electrons. The Morgan fingerprint density at radius 3 is 3.12 bits per heavy atom. The van der Waals surface area contributed by atoms with Gasteiger partial charge in [0.15, 0.2) is 5.69 Å². The lowest BCUT2D eigenvalue weighted by Gasteiger charge is -2.32. The lowest BCUT2D eigenvalue weighted by molar-refractivity contribution is 0.0695. The molecule has 0 spiro atoms. The molecule has 1 amide bonds. The van der Waals surface area contributed by atoms with E-state index in [4.69, 9.17) is 4.52 Å². The molecule has 0 aromatic carbocycles. The normalized spacial score (nSPS) is 17.4. The summed E-state index contributed by atoms with van der Waals surface area (Å²) < 4.78 is 4.76. The van der Waals surface area contributed by atoms with Crippen LogP contribution in [0.5, 0.6) is 0 Å². The summed E-state index contributed by atoms with van der Waals surface area (Å²) in [4.78, 5) is 35.0. The van der Waals surface area contributed by atoms with E-state index in [1.807, 2.05) is 17.5 Å². The van der Waals surface area contributed by atoms with Gasteiger partial charge in [0.2, 0.25) is 0 Å². The van der Waals surface area contributed by atoms with Crippen molar-refractivity contribution < 1.29 is 9.32 Å². The summed E-state index contributed by atoms with van der Waals surface area (Å²) in [6.07, 6.45) is 3.76. The van der Waals surface area contributed by atoms with Crippen LogP contribution < -0.4 is 5.56 Å². The van der Waals surface area contributed by atoms with E-state index in [2.05, 4.69) is 15.1 Å². The van der Waals surface area contributed by atoms with Crippen LogP contribution in [0.3, 0.4) is 0 Å². The summed E-state index contributed by atoms with van der Waals surface area (Å²) in [6, 6.07) is 7.12. The molecular weight excluding hydrogens is 352 g/mol. The minimum Gasteiger partial charge on any atom is -0.364 e. The number of piperidine rings is 1. The molecule has 1 fully saturated rings. The van der Waals surface area contributed by atoms with Crippen molar-refractivity contribution in [2.45, 2.75) is 25.2 Å². The highest BCUT2D eigenvalue weighted by molar-refractivity contribution is 7.09. The van der Waals surface area contributed by atoms with Gasteiger partial charge in [-0.25, -0.2) is 4.98 Å². The minimum atomic E-state index is -0.151. The zero-order chi connectivity index (χ0) is 17.9. The molecule has 0 aliphatic carbocycles. The SMILES string of the molecule is O=C(c1ccon1)N1CCC[C@H](c2cc(=O)[nH]c(Cc3cccs3)n2)C1. The Labute approximate surface area is 153 Å². The van der Waals surface area contributed by atoms with Crippen molar-refractivity contribution in [3.63, 3.8) is 0 Å². The fraction of sp³-hybridized carbons (Fsp3) is 0.333. The second kappa shape index (κ2) is 7.25. The molecule has 4 rings (SSSR count). The van der Waals surface area contributed by atoms with Gasteiger partial charge in [0.05, 0.1) is 5.69 Å². The van der Waals surface area contributed by atoms with Crippen LogP contribution in [0.1, 0.15) is 45.6 Å². The van der Waals surface area contributed by atoms with Gasteiger partial charge in [-0.15, -0.1) is 11.3 Å². The van der Waals surface area contributed by atoms with Crippen molar-refractivity contribution >= 4 is 17.2 Å². The number of rotatable bonds is 4. The van der Waals surface area contributed by atoms with E-state index >= 15 is 0 Å². The fourth-order valence-corrected chi connectivity index (χ4v) is 4.00. The van der Waals surface area contributed by atoms with Crippen molar-refractivity contribution in [2.75, 3.05) is 13.1 Å². The smallest absolute Gasteiger partial charge is 0.276 e. The number of likely N-dealkylation sites (tertiary alicyclic amines) is 1. The number of amides is 1. The number of aromatic nitrogens is 3. The van der Waals surface area contributed by atoms with Gasteiger partial charge < -0.3 is 14.4 Å². The first-order chi connectivity index (χ1) is 12.7. The van der Waals surface area contributed by atoms with Gasteiger partial charge in [0.25, 0.3) is 11.5 Å². The van der Waals surface area contributed by atoms with Gasteiger partial charge in [-0.2, -0.15) is 0 Å². The molecule has 8 heteroatoms. The predicted octanol–water partition coefficient (Wildman–Crippen LogP) is 2.43. The maximum absolute atomic E-state index is 12.5. The highest BCUT2D eigenvalue weighted by Crippen LogP contribution is 2.26. The zero-order valence-electron chi connectivity index (χ0n) is 14.1. The van der Waals surface area contributed by atoms with Crippen molar-refractivity contribution in [3.8, 4) is 0 Å². The van der Waals surface area contributed by atoms with E-state index in [1.54, 1.807) is 28.4 Å². The van der Waals surface area contributed by atoms with Crippen LogP contribution in [0.25, 0.3) is 0 Å². The number of hydrogen-bond donors (Lipinski definition) is 1. The Morgan fingerprint density at radius 1 is 1.42 bits per heavy atom. The molecule has 1 aliphatic rings. The quantitative estimate of drug-likeness (QED) is 0.761. The summed E-state index contributed by atoms with van der Waals surface area (Å²) in [7, 11) is 0. The Kier molecular flexibility index (Phi) is 4.66. The lowest BCUT2D eigenvalue weighted by Crippen LogP contribution is -2.39. The van der Waals surface area contributed by atoms with Gasteiger partial charge in [-0.3, -0.25) is 9.59 Å². The molecule has 1 saturated heterocycles. The lowest BCUT2D eigenvalue weighted by atomic mass is 9.94. The Morgan fingerprint density at radius 2 is 2.35 bits per heavy atom. The van der Waals surface area contributed by atoms with Crippen LogP contribution >= 0.6 is 11.3 Å². The minimum absolute atomic E-state index is 0.0454. The second-order valence-electron chi connectivity index (χ2n) is 6.35. The van der Waals surface area contributed by atoms with Crippen LogP contribution in [0.15, 0.2) is 45.2 Å². The molecule has 4 heterocycles. The molecule has 26 heavy (non-hydrogen) atoms. The molecule has 3 aromatic rings. The number of aromatic amines is 1. The number of hydrogen-bond acceptors (Lipinski definition) is 6. The van der Waals surface area contributed by atoms with Gasteiger partial charge in [-0.1, -0.05) is 11.2 Å². The summed E-state index contributed by atoms with van der Waals surface area (Å²) >= 11 is 1.64. The average molecular weight is 370 g/mol. The van der Waals surface area contributed by atoms with Crippen LogP contribution in [0, 0.1) is 0 Å². The topological polar surface area (TPSA) is 92.1 Å². The van der Waals surface area contributed by atoms with Crippen molar-refractivity contribution in [1.29, 1.82) is 0 Å². The third-order valence-corrected chi connectivity index (χ3v) is 5.39. The number of thiophene rings is 1. The Hall–Kier alpha value is -2.74. The average Bonchev–Trinajstić information content (AvgIpc) is 3.35. The predicted molar refractivity (Wildman–Crippen MR) is 96.4 cm³/mol. The molecule has 7 nitrogen and oxygen atoms in total. The van der Waals surface area contributed by atoms with Crippen LogP contribution in [0.4, 0.5) is 0 Å². The summed E-state index contributed by atoms with van der Waals surface area (Å²) in [6.45, 7) is 1.20. The van der Waals surface area contributed by atoms with Crippen molar-refractivity contribution in [2.24, 2.45) is 0 Å². The van der Waals surface area contributed by atoms with E-state index in [9.17, 15) is 9.59 Å². The van der Waals surface area contributed by atoms with Crippen LogP contribution in [0.2, 0.25) is 0 Å². The highest BCUT2D eigenvalue weighted by Gasteiger charge is 2.28. The third-order valence-electron chi connectivity index (χ3n) is 4.52. The molecule has 0 saturated carbocycles. The monoisotopic (exact) mass is 370 g/mol. The summed E-state index contributed by atoms with van der Waals surface area (Å²) in [5.41, 5.74) is 0.905. The number of H-pyrrole nitrogens is 1. The molecule has 1 N–H and O–H groups in total. The van der Waals surface area contributed by atoms with Gasteiger partial charge in [0, 0.05) is 42.4 Å². The largest absolute Gasteiger partial charge is 0.364 e. The van der Waals surface area contributed by atoms with Crippen molar-refractivity contribution in [1.82, 2.24) is 20.0 Å². The van der Waals surface area contributed by atoms with E-state index in [0.29, 0.717) is 31.0 Å². The van der Waals surface area contributed by atoms with Gasteiger partial charge in [0.1, 0.15) is 12.1 Å². The number of nitrogens with one attached hydrogen (secondary N) is 1. The van der Waals surface area contributed by atoms with Gasteiger partial charge >= 0.3 is 0 Å². The van der Waals surface area contributed by atoms with E-state index in [0.717, 1.165) is 23.4 Å². The first-order valence-corrected chi connectivity index (χ1v) is 9.39. The molecule has 0 unspecified atom stereocenters. The number of nitrogens with zero attached hydrogens (tertiary/aromatic N) is 3. The molecule has 0 bridgehead atoms. The number of carbonyl (C=O) groups excluding carboxylic acids is 1. The summed E-state index contributed by atoms with van der Waals surface area (Å²) in [5, 5.41) is 5.73. The summed E-state index contributed by atoms with van der Waals surface area (Å²) in [5.74, 6) is 0.561. The van der Waals surface area contributed by atoms with E-state index < -0.39 is 0 Å². The number of carbonyl (C=O) groups is 1. The highest BCUT2D eigenvalue weighted by atomic mass is 32.1. The second-order valence-corrected chi connectivity index (χ2v) is 7.38. The maximum Gasteiger partial charge on any atom is 0.276 e. The van der Waals surface area contributed by atoms with Gasteiger partial charge in [-0.05, 0) is 24.3 Å². The van der Waals surface area contributed by atoms with Crippen molar-refractivity contribution in [3.05, 3.63) is 68.4 Å². The van der Waals surface area contributed by atoms with Crippen LogP contribution in [-0.4, -0.2) is 39.0 Å². The third kappa shape index (κ3) is 3.60. The molecule has 1 aliphatic heterocycles. The van der Waals surface area contributed by atoms with E-state index in [1.165, 1.54) is 6.26 Å². The Balaban J connectivity index is 1.54. The van der Waals surface area contributed by atoms with E-state index in [-0.39, 0.29) is 17.4 Å². The molecule has 3 aromatic heterocycles. The molecular formula is C18H18N4O3S.